The Labute approximate surface area is 503 Å². The van der Waals surface area contributed by atoms with Gasteiger partial charge >= 0.3 is 17.9 Å². The molecular weight excluding hydrogens is 997 g/mol. The Kier molecular flexibility index (Phi) is 66.6. The van der Waals surface area contributed by atoms with Crippen LogP contribution in [0, 0.1) is 0 Å². The number of allylic oxidation sites excluding steroid dienone is 12. The van der Waals surface area contributed by atoms with Gasteiger partial charge in [-0.15, -0.1) is 0 Å². The van der Waals surface area contributed by atoms with Crippen molar-refractivity contribution >= 4 is 17.9 Å². The SMILES string of the molecule is CC/C=C\C/C=C\C/C=C\C/C=C\CCCCCCCCCCCCC(=O)OC(COC(=O)CCCCCCC/C=C\CCCCCCCC)COC(=O)CCCCCCCCCCCCCCC/C=C\CCCCCCCCCC. The summed E-state index contributed by atoms with van der Waals surface area (Å²) in [5, 5.41) is 0. The second kappa shape index (κ2) is 69.3. The Morgan fingerprint density at radius 1 is 0.259 bits per heavy atom. The first-order valence-corrected chi connectivity index (χ1v) is 35.4. The number of esters is 3. The minimum absolute atomic E-state index is 0.0769. The summed E-state index contributed by atoms with van der Waals surface area (Å²) < 4.78 is 17.0. The van der Waals surface area contributed by atoms with Gasteiger partial charge in [0.2, 0.25) is 0 Å². The van der Waals surface area contributed by atoms with Gasteiger partial charge in [-0.2, -0.15) is 0 Å². The molecule has 0 aromatic rings. The molecule has 0 aliphatic heterocycles. The zero-order valence-corrected chi connectivity index (χ0v) is 54.1. The molecule has 0 N–H and O–H groups in total. The molecule has 0 aromatic carbocycles. The summed E-state index contributed by atoms with van der Waals surface area (Å²) in [5.74, 6) is -0.869. The van der Waals surface area contributed by atoms with Gasteiger partial charge in [0.25, 0.3) is 0 Å². The van der Waals surface area contributed by atoms with Crippen molar-refractivity contribution in [3.05, 3.63) is 72.9 Å². The topological polar surface area (TPSA) is 78.9 Å². The van der Waals surface area contributed by atoms with E-state index in [-0.39, 0.29) is 31.1 Å². The van der Waals surface area contributed by atoms with Crippen LogP contribution in [0.25, 0.3) is 0 Å². The highest BCUT2D eigenvalue weighted by Crippen LogP contribution is 2.17. The molecule has 6 heteroatoms. The Balaban J connectivity index is 4.31. The Morgan fingerprint density at radius 3 is 0.765 bits per heavy atom. The Hall–Kier alpha value is -3.15. The van der Waals surface area contributed by atoms with Crippen LogP contribution in [0.3, 0.4) is 0 Å². The summed E-state index contributed by atoms with van der Waals surface area (Å²) >= 11 is 0. The number of rotatable bonds is 65. The van der Waals surface area contributed by atoms with E-state index < -0.39 is 6.10 Å². The average molecular weight is 1130 g/mol. The molecule has 0 fully saturated rings. The van der Waals surface area contributed by atoms with Gasteiger partial charge in [-0.3, -0.25) is 14.4 Å². The zero-order valence-electron chi connectivity index (χ0n) is 54.1. The summed E-state index contributed by atoms with van der Waals surface area (Å²) in [5.41, 5.74) is 0. The maximum Gasteiger partial charge on any atom is 0.306 e. The van der Waals surface area contributed by atoms with Crippen molar-refractivity contribution in [2.24, 2.45) is 0 Å². The monoisotopic (exact) mass is 1130 g/mol. The third-order valence-corrected chi connectivity index (χ3v) is 15.7. The van der Waals surface area contributed by atoms with E-state index in [0.717, 1.165) is 89.9 Å². The van der Waals surface area contributed by atoms with Crippen molar-refractivity contribution in [1.82, 2.24) is 0 Å². The second-order valence-electron chi connectivity index (χ2n) is 23.8. The van der Waals surface area contributed by atoms with Crippen LogP contribution in [-0.4, -0.2) is 37.2 Å². The molecule has 0 saturated heterocycles. The molecule has 0 radical (unpaired) electrons. The van der Waals surface area contributed by atoms with E-state index in [2.05, 4.69) is 93.7 Å². The maximum absolute atomic E-state index is 13.0. The lowest BCUT2D eigenvalue weighted by molar-refractivity contribution is -0.167. The quantitative estimate of drug-likeness (QED) is 0.0261. The molecule has 1 unspecified atom stereocenters. The van der Waals surface area contributed by atoms with Crippen molar-refractivity contribution in [1.29, 1.82) is 0 Å². The van der Waals surface area contributed by atoms with E-state index in [0.29, 0.717) is 19.3 Å². The number of unbranched alkanes of at least 4 members (excludes halogenated alkanes) is 42. The van der Waals surface area contributed by atoms with Gasteiger partial charge < -0.3 is 14.2 Å². The molecule has 0 aliphatic carbocycles. The van der Waals surface area contributed by atoms with Crippen LogP contribution in [0.15, 0.2) is 72.9 Å². The van der Waals surface area contributed by atoms with Crippen molar-refractivity contribution in [2.45, 2.75) is 374 Å². The van der Waals surface area contributed by atoms with Gasteiger partial charge in [-0.05, 0) is 109 Å². The molecule has 0 spiro atoms. The molecule has 81 heavy (non-hydrogen) atoms. The molecule has 0 saturated carbocycles. The number of carbonyl (C=O) groups excluding carboxylic acids is 3. The van der Waals surface area contributed by atoms with Gasteiger partial charge in [-0.25, -0.2) is 0 Å². The standard InChI is InChI=1S/C75H134O6/c1-4-7-10-13-16-19-22-25-28-30-32-34-36-37-39-40-42-44-47-50-53-56-59-62-65-68-74(77)80-71-72(70-79-73(76)67-64-61-58-55-52-49-46-27-24-21-18-15-12-9-6-3)81-75(78)69-66-63-60-57-54-51-48-45-43-41-38-35-33-31-29-26-23-20-17-14-11-8-5-2/h8,11,17,20,26-27,29-30,32-33,35,46,72H,4-7,9-10,12-16,18-19,21-25,28,31,34,36-45,47-71H2,1-3H3/b11-8-,20-17-,29-26-,32-30-,35-33-,46-27-. The fourth-order valence-electron chi connectivity index (χ4n) is 10.4. The van der Waals surface area contributed by atoms with Gasteiger partial charge in [0.1, 0.15) is 13.2 Å². The fourth-order valence-corrected chi connectivity index (χ4v) is 10.4. The smallest absolute Gasteiger partial charge is 0.306 e. The van der Waals surface area contributed by atoms with Crippen molar-refractivity contribution in [3.8, 4) is 0 Å². The van der Waals surface area contributed by atoms with Crippen molar-refractivity contribution in [2.75, 3.05) is 13.2 Å². The number of ether oxygens (including phenoxy) is 3. The molecule has 470 valence electrons. The van der Waals surface area contributed by atoms with Crippen molar-refractivity contribution in [3.63, 3.8) is 0 Å². The second-order valence-corrected chi connectivity index (χ2v) is 23.8. The normalized spacial score (nSPS) is 12.5. The minimum atomic E-state index is -0.782. The van der Waals surface area contributed by atoms with Gasteiger partial charge in [0.15, 0.2) is 6.10 Å². The highest BCUT2D eigenvalue weighted by molar-refractivity contribution is 5.71. The summed E-state index contributed by atoms with van der Waals surface area (Å²) in [7, 11) is 0. The highest BCUT2D eigenvalue weighted by Gasteiger charge is 2.19. The van der Waals surface area contributed by atoms with Gasteiger partial charge in [-0.1, -0.05) is 312 Å². The maximum atomic E-state index is 13.0. The summed E-state index contributed by atoms with van der Waals surface area (Å²) in [4.78, 5) is 38.5. The summed E-state index contributed by atoms with van der Waals surface area (Å²) in [6, 6.07) is 0. The van der Waals surface area contributed by atoms with E-state index in [1.807, 2.05) is 0 Å². The Bertz CT molecular complexity index is 1490. The lowest BCUT2D eigenvalue weighted by Gasteiger charge is -2.18. The largest absolute Gasteiger partial charge is 0.462 e. The third-order valence-electron chi connectivity index (χ3n) is 15.7. The summed E-state index contributed by atoms with van der Waals surface area (Å²) in [6.07, 6.45) is 90.7. The van der Waals surface area contributed by atoms with Crippen LogP contribution >= 0.6 is 0 Å². The molecular formula is C75H134O6. The number of hydrogen-bond donors (Lipinski definition) is 0. The third kappa shape index (κ3) is 67.5. The molecule has 0 amide bonds. The van der Waals surface area contributed by atoms with Crippen LogP contribution in [0.1, 0.15) is 367 Å². The van der Waals surface area contributed by atoms with Crippen LogP contribution < -0.4 is 0 Å². The first kappa shape index (κ1) is 77.9. The molecule has 6 nitrogen and oxygen atoms in total. The van der Waals surface area contributed by atoms with Crippen molar-refractivity contribution < 1.29 is 28.6 Å². The summed E-state index contributed by atoms with van der Waals surface area (Å²) in [6.45, 7) is 6.57. The van der Waals surface area contributed by atoms with Crippen LogP contribution in [-0.2, 0) is 28.6 Å². The molecule has 0 rings (SSSR count). The van der Waals surface area contributed by atoms with Gasteiger partial charge in [0, 0.05) is 19.3 Å². The molecule has 0 heterocycles. The predicted molar refractivity (Wildman–Crippen MR) is 353 cm³/mol. The minimum Gasteiger partial charge on any atom is -0.462 e. The lowest BCUT2D eigenvalue weighted by Crippen LogP contribution is -2.30. The van der Waals surface area contributed by atoms with Crippen LogP contribution in [0.5, 0.6) is 0 Å². The molecule has 0 bridgehead atoms. The van der Waals surface area contributed by atoms with E-state index in [4.69, 9.17) is 14.2 Å². The van der Waals surface area contributed by atoms with Crippen LogP contribution in [0.2, 0.25) is 0 Å². The van der Waals surface area contributed by atoms with Crippen LogP contribution in [0.4, 0.5) is 0 Å². The first-order valence-electron chi connectivity index (χ1n) is 35.4. The highest BCUT2D eigenvalue weighted by atomic mass is 16.6. The number of hydrogen-bond acceptors (Lipinski definition) is 6. The lowest BCUT2D eigenvalue weighted by atomic mass is 10.0. The average Bonchev–Trinajstić information content (AvgIpc) is 3.47. The molecule has 0 aliphatic rings. The Morgan fingerprint density at radius 2 is 0.481 bits per heavy atom. The van der Waals surface area contributed by atoms with E-state index >= 15 is 0 Å². The van der Waals surface area contributed by atoms with E-state index in [1.165, 1.54) is 238 Å². The van der Waals surface area contributed by atoms with Gasteiger partial charge in [0.05, 0.1) is 0 Å². The number of carbonyl (C=O) groups is 3. The molecule has 0 aromatic heterocycles. The zero-order chi connectivity index (χ0) is 58.5. The van der Waals surface area contributed by atoms with E-state index in [1.54, 1.807) is 0 Å². The first-order chi connectivity index (χ1) is 40.0. The fraction of sp³-hybridized carbons (Fsp3) is 0.800. The molecule has 1 atom stereocenters. The van der Waals surface area contributed by atoms with E-state index in [9.17, 15) is 14.4 Å². The predicted octanol–water partition coefficient (Wildman–Crippen LogP) is 24.4.